The molecule has 4 aromatic rings. The second kappa shape index (κ2) is 9.62. The Kier molecular flexibility index (Phi) is 6.21. The fraction of sp³-hybridized carbons (Fsp3) is 0.231. The molecule has 36 heavy (non-hydrogen) atoms. The number of hydrogen-bond acceptors (Lipinski definition) is 5. The summed E-state index contributed by atoms with van der Waals surface area (Å²) in [7, 11) is 0. The summed E-state index contributed by atoms with van der Waals surface area (Å²) < 4.78 is 28.4. The summed E-state index contributed by atoms with van der Waals surface area (Å²) in [5.41, 5.74) is 5.27. The number of nitrogens with one attached hydrogen (secondary N) is 1. The molecular weight excluding hydrogens is 464 g/mol. The van der Waals surface area contributed by atoms with Crippen LogP contribution in [0.1, 0.15) is 36.4 Å². The standard InChI is InChI=1S/C26H23F2N7O/c1-2-24(36)32-21-3-5-22(6-4-21)33-9-7-17(8-10-33)23-11-18(20-14-31-35(16-20)26(27)28)15-34-25(23)19(12-29)13-30-34/h2-6,11,13-17,26H,1,7-10H2,(H,32,36). The minimum Gasteiger partial charge on any atom is -0.371 e. The van der Waals surface area contributed by atoms with Gasteiger partial charge in [0.15, 0.2) is 0 Å². The molecule has 1 aromatic carbocycles. The Balaban J connectivity index is 1.39. The maximum Gasteiger partial charge on any atom is 0.333 e. The van der Waals surface area contributed by atoms with Crippen molar-refractivity contribution in [1.82, 2.24) is 19.4 Å². The summed E-state index contributed by atoms with van der Waals surface area (Å²) in [6.45, 7) is 2.35. The lowest BCUT2D eigenvalue weighted by molar-refractivity contribution is -0.111. The lowest BCUT2D eigenvalue weighted by Gasteiger charge is -2.34. The Bertz CT molecular complexity index is 1460. The Labute approximate surface area is 206 Å². The second-order valence-corrected chi connectivity index (χ2v) is 8.64. The first-order valence-corrected chi connectivity index (χ1v) is 11.5. The number of nitrogens with zero attached hydrogens (tertiary/aromatic N) is 6. The topological polar surface area (TPSA) is 91.2 Å². The first-order chi connectivity index (χ1) is 17.5. The molecule has 0 spiro atoms. The van der Waals surface area contributed by atoms with Gasteiger partial charge in [-0.15, -0.1) is 0 Å². The van der Waals surface area contributed by atoms with Crippen LogP contribution < -0.4 is 10.2 Å². The molecule has 1 N–H and O–H groups in total. The van der Waals surface area contributed by atoms with Crippen molar-refractivity contribution in [2.75, 3.05) is 23.3 Å². The molecular formula is C26H23F2N7O. The number of piperidine rings is 1. The van der Waals surface area contributed by atoms with E-state index in [2.05, 4.69) is 33.1 Å². The predicted molar refractivity (Wildman–Crippen MR) is 132 cm³/mol. The van der Waals surface area contributed by atoms with Crippen molar-refractivity contribution in [3.8, 4) is 17.2 Å². The Morgan fingerprint density at radius 3 is 2.53 bits per heavy atom. The third-order valence-electron chi connectivity index (χ3n) is 6.52. The van der Waals surface area contributed by atoms with E-state index in [-0.39, 0.29) is 11.8 Å². The molecule has 1 fully saturated rings. The molecule has 8 nitrogen and oxygen atoms in total. The molecule has 1 aliphatic heterocycles. The van der Waals surface area contributed by atoms with Crippen molar-refractivity contribution >= 4 is 22.8 Å². The largest absolute Gasteiger partial charge is 0.371 e. The van der Waals surface area contributed by atoms with Crippen molar-refractivity contribution in [2.45, 2.75) is 25.3 Å². The van der Waals surface area contributed by atoms with Crippen LogP contribution in [0.2, 0.25) is 0 Å². The number of pyridine rings is 1. The normalized spacial score (nSPS) is 14.2. The van der Waals surface area contributed by atoms with E-state index in [9.17, 15) is 18.8 Å². The van der Waals surface area contributed by atoms with E-state index in [1.54, 1.807) is 10.7 Å². The molecule has 0 atom stereocenters. The van der Waals surface area contributed by atoms with Gasteiger partial charge in [0.25, 0.3) is 0 Å². The van der Waals surface area contributed by atoms with Crippen molar-refractivity contribution < 1.29 is 13.6 Å². The molecule has 10 heteroatoms. The Morgan fingerprint density at radius 1 is 1.14 bits per heavy atom. The van der Waals surface area contributed by atoms with E-state index >= 15 is 0 Å². The van der Waals surface area contributed by atoms with Gasteiger partial charge in [0.2, 0.25) is 5.91 Å². The zero-order valence-electron chi connectivity index (χ0n) is 19.3. The highest BCUT2D eigenvalue weighted by Crippen LogP contribution is 2.36. The van der Waals surface area contributed by atoms with Gasteiger partial charge in [-0.25, -0.2) is 9.20 Å². The van der Waals surface area contributed by atoms with Crippen molar-refractivity contribution in [3.05, 3.63) is 78.9 Å². The van der Waals surface area contributed by atoms with E-state index in [1.165, 1.54) is 24.7 Å². The number of aromatic nitrogens is 4. The molecule has 1 aliphatic rings. The summed E-state index contributed by atoms with van der Waals surface area (Å²) in [5, 5.41) is 20.5. The van der Waals surface area contributed by atoms with Crippen LogP contribution in [0, 0.1) is 11.3 Å². The van der Waals surface area contributed by atoms with Crippen LogP contribution in [0.25, 0.3) is 16.6 Å². The van der Waals surface area contributed by atoms with Gasteiger partial charge in [-0.05, 0) is 60.7 Å². The van der Waals surface area contributed by atoms with Crippen LogP contribution in [0.15, 0.2) is 67.8 Å². The first-order valence-electron chi connectivity index (χ1n) is 11.5. The maximum atomic E-state index is 13.1. The van der Waals surface area contributed by atoms with Crippen LogP contribution in [-0.2, 0) is 4.79 Å². The molecule has 0 aliphatic carbocycles. The van der Waals surface area contributed by atoms with E-state index in [0.717, 1.165) is 48.3 Å². The second-order valence-electron chi connectivity index (χ2n) is 8.64. The molecule has 0 unspecified atom stereocenters. The fourth-order valence-electron chi connectivity index (χ4n) is 4.70. The number of alkyl halides is 2. The quantitative estimate of drug-likeness (QED) is 0.388. The number of amides is 1. The number of anilines is 2. The third-order valence-corrected chi connectivity index (χ3v) is 6.52. The van der Waals surface area contributed by atoms with Crippen molar-refractivity contribution in [2.24, 2.45) is 0 Å². The molecule has 4 heterocycles. The highest BCUT2D eigenvalue weighted by Gasteiger charge is 2.25. The van der Waals surface area contributed by atoms with Crippen LogP contribution >= 0.6 is 0 Å². The summed E-state index contributed by atoms with van der Waals surface area (Å²) in [5.74, 6) is -0.0842. The van der Waals surface area contributed by atoms with Gasteiger partial charge in [-0.1, -0.05) is 6.58 Å². The molecule has 0 saturated carbocycles. The van der Waals surface area contributed by atoms with Crippen LogP contribution in [0.4, 0.5) is 20.2 Å². The molecule has 1 saturated heterocycles. The molecule has 1 amide bonds. The van der Waals surface area contributed by atoms with Gasteiger partial charge >= 0.3 is 6.55 Å². The fourth-order valence-corrected chi connectivity index (χ4v) is 4.70. The van der Waals surface area contributed by atoms with E-state index in [0.29, 0.717) is 21.5 Å². The first kappa shape index (κ1) is 23.2. The molecule has 5 rings (SSSR count). The smallest absolute Gasteiger partial charge is 0.333 e. The zero-order valence-corrected chi connectivity index (χ0v) is 19.3. The number of carbonyl (C=O) groups excluding carboxylic acids is 1. The summed E-state index contributed by atoms with van der Waals surface area (Å²) in [4.78, 5) is 13.8. The summed E-state index contributed by atoms with van der Waals surface area (Å²) in [6.07, 6.45) is 8.93. The minimum atomic E-state index is -2.71. The number of fused-ring (bicyclic) bond motifs is 1. The summed E-state index contributed by atoms with van der Waals surface area (Å²) in [6, 6.07) is 11.9. The minimum absolute atomic E-state index is 0.170. The zero-order chi connectivity index (χ0) is 25.2. The van der Waals surface area contributed by atoms with Gasteiger partial charge in [-0.3, -0.25) is 4.79 Å². The SMILES string of the molecule is C=CC(=O)Nc1ccc(N2CCC(c3cc(-c4cnn(C(F)F)c4)cn4ncc(C#N)c34)CC2)cc1. The number of hydrogen-bond donors (Lipinski definition) is 1. The van der Waals surface area contributed by atoms with Gasteiger partial charge in [0, 0.05) is 48.0 Å². The van der Waals surface area contributed by atoms with Crippen LogP contribution in [0.5, 0.6) is 0 Å². The van der Waals surface area contributed by atoms with Crippen LogP contribution in [0.3, 0.4) is 0 Å². The Morgan fingerprint density at radius 2 is 1.89 bits per heavy atom. The highest BCUT2D eigenvalue weighted by atomic mass is 19.3. The molecule has 182 valence electrons. The number of halogens is 2. The third kappa shape index (κ3) is 4.43. The monoisotopic (exact) mass is 487 g/mol. The molecule has 0 radical (unpaired) electrons. The van der Waals surface area contributed by atoms with E-state index < -0.39 is 6.55 Å². The van der Waals surface area contributed by atoms with Gasteiger partial charge in [-0.2, -0.15) is 24.2 Å². The van der Waals surface area contributed by atoms with Gasteiger partial charge in [0.1, 0.15) is 6.07 Å². The Hall–Kier alpha value is -4.52. The number of rotatable bonds is 6. The molecule has 0 bridgehead atoms. The average molecular weight is 488 g/mol. The van der Waals surface area contributed by atoms with E-state index in [4.69, 9.17) is 0 Å². The van der Waals surface area contributed by atoms with Gasteiger partial charge < -0.3 is 10.2 Å². The number of nitriles is 1. The number of benzene rings is 1. The average Bonchev–Trinajstić information content (AvgIpc) is 3.56. The van der Waals surface area contributed by atoms with Gasteiger partial charge in [0.05, 0.1) is 23.5 Å². The number of carbonyl (C=O) groups is 1. The lowest BCUT2D eigenvalue weighted by Crippen LogP contribution is -2.33. The molecule has 3 aromatic heterocycles. The van der Waals surface area contributed by atoms with Crippen molar-refractivity contribution in [3.63, 3.8) is 0 Å². The predicted octanol–water partition coefficient (Wildman–Crippen LogP) is 4.97. The highest BCUT2D eigenvalue weighted by molar-refractivity contribution is 5.98. The maximum absolute atomic E-state index is 13.1. The van der Waals surface area contributed by atoms with E-state index in [1.807, 2.05) is 30.3 Å². The van der Waals surface area contributed by atoms with Crippen molar-refractivity contribution in [1.29, 1.82) is 5.26 Å². The summed E-state index contributed by atoms with van der Waals surface area (Å²) >= 11 is 0. The lowest BCUT2D eigenvalue weighted by atomic mass is 9.87. The van der Waals surface area contributed by atoms with Crippen LogP contribution in [-0.4, -0.2) is 38.4 Å².